The predicted octanol–water partition coefficient (Wildman–Crippen LogP) is 4.81. The Morgan fingerprint density at radius 1 is 0.968 bits per heavy atom. The molecule has 4 heterocycles. The maximum atomic E-state index is 14.2. The summed E-state index contributed by atoms with van der Waals surface area (Å²) in [6.07, 6.45) is 1.76. The summed E-state index contributed by atoms with van der Waals surface area (Å²) < 4.78 is 16.3. The Balaban J connectivity index is 1.47. The van der Waals surface area contributed by atoms with Crippen LogP contribution >= 0.6 is 11.3 Å². The number of hydrogen-bond donors (Lipinski definition) is 0. The zero-order valence-corrected chi connectivity index (χ0v) is 18.3. The summed E-state index contributed by atoms with van der Waals surface area (Å²) in [6.45, 7) is 6.41. The van der Waals surface area contributed by atoms with Crippen LogP contribution in [0.15, 0.2) is 54.7 Å². The molecule has 1 aliphatic heterocycles. The van der Waals surface area contributed by atoms with Gasteiger partial charge in [-0.25, -0.2) is 9.37 Å². The third-order valence-electron chi connectivity index (χ3n) is 5.89. The Morgan fingerprint density at radius 2 is 1.68 bits per heavy atom. The molecule has 1 fully saturated rings. The van der Waals surface area contributed by atoms with Gasteiger partial charge < -0.3 is 14.4 Å². The van der Waals surface area contributed by atoms with Gasteiger partial charge in [-0.3, -0.25) is 4.79 Å². The molecule has 0 bridgehead atoms. The highest BCUT2D eigenvalue weighted by molar-refractivity contribution is 7.21. The van der Waals surface area contributed by atoms with E-state index in [1.807, 2.05) is 41.8 Å². The van der Waals surface area contributed by atoms with Crippen LogP contribution in [-0.4, -0.2) is 46.5 Å². The van der Waals surface area contributed by atoms with Crippen LogP contribution < -0.4 is 4.90 Å². The average molecular weight is 435 g/mol. The first-order valence-corrected chi connectivity index (χ1v) is 11.2. The molecule has 7 heteroatoms. The van der Waals surface area contributed by atoms with Crippen LogP contribution in [0.2, 0.25) is 0 Å². The van der Waals surface area contributed by atoms with Crippen LogP contribution in [0.25, 0.3) is 15.9 Å². The van der Waals surface area contributed by atoms with Crippen molar-refractivity contribution in [2.75, 3.05) is 31.1 Å². The third-order valence-corrected chi connectivity index (χ3v) is 6.98. The van der Waals surface area contributed by atoms with Crippen molar-refractivity contribution in [2.24, 2.45) is 0 Å². The lowest BCUT2D eigenvalue weighted by molar-refractivity contribution is 0.0751. The number of aromatic nitrogens is 2. The number of fused-ring (bicyclic) bond motifs is 1. The van der Waals surface area contributed by atoms with Gasteiger partial charge in [-0.15, -0.1) is 11.3 Å². The second-order valence-electron chi connectivity index (χ2n) is 7.82. The molecule has 0 unspecified atom stereocenters. The molecule has 1 saturated heterocycles. The number of amides is 1. The third kappa shape index (κ3) is 3.39. The summed E-state index contributed by atoms with van der Waals surface area (Å²) in [5.41, 5.74) is 3.67. The molecule has 4 aromatic rings. The molecule has 3 aromatic heterocycles. The first-order valence-electron chi connectivity index (χ1n) is 10.4. The number of carbonyl (C=O) groups excluding carboxylic acids is 1. The van der Waals surface area contributed by atoms with E-state index in [4.69, 9.17) is 0 Å². The topological polar surface area (TPSA) is 41.4 Å². The van der Waals surface area contributed by atoms with E-state index in [1.54, 1.807) is 18.3 Å². The maximum absolute atomic E-state index is 14.2. The molecule has 0 radical (unpaired) electrons. The van der Waals surface area contributed by atoms with E-state index in [0.717, 1.165) is 27.3 Å². The molecule has 5 nitrogen and oxygen atoms in total. The van der Waals surface area contributed by atoms with Crippen LogP contribution in [0, 0.1) is 19.7 Å². The smallest absolute Gasteiger partial charge is 0.266 e. The van der Waals surface area contributed by atoms with Gasteiger partial charge in [0.1, 0.15) is 15.5 Å². The van der Waals surface area contributed by atoms with Gasteiger partial charge in [-0.1, -0.05) is 12.1 Å². The highest BCUT2D eigenvalue weighted by atomic mass is 32.1. The van der Waals surface area contributed by atoms with Crippen molar-refractivity contribution >= 4 is 33.1 Å². The fraction of sp³-hybridized carbons (Fsp3) is 0.250. The fourth-order valence-electron chi connectivity index (χ4n) is 4.31. The second-order valence-corrected chi connectivity index (χ2v) is 8.82. The number of piperazine rings is 1. The van der Waals surface area contributed by atoms with E-state index < -0.39 is 0 Å². The molecule has 1 aromatic carbocycles. The van der Waals surface area contributed by atoms with Crippen LogP contribution in [0.5, 0.6) is 0 Å². The van der Waals surface area contributed by atoms with Crippen LogP contribution in [0.1, 0.15) is 21.1 Å². The number of rotatable bonds is 3. The number of nitrogens with zero attached hydrogens (tertiary/aromatic N) is 4. The van der Waals surface area contributed by atoms with Gasteiger partial charge in [0.2, 0.25) is 0 Å². The van der Waals surface area contributed by atoms with Crippen molar-refractivity contribution in [3.63, 3.8) is 0 Å². The van der Waals surface area contributed by atoms with E-state index in [1.165, 1.54) is 17.4 Å². The van der Waals surface area contributed by atoms with E-state index in [0.29, 0.717) is 36.7 Å². The summed E-state index contributed by atoms with van der Waals surface area (Å²) in [4.78, 5) is 23.6. The normalized spacial score (nSPS) is 14.4. The van der Waals surface area contributed by atoms with Gasteiger partial charge in [0.15, 0.2) is 0 Å². The molecular formula is C24H23FN4OS. The number of aryl methyl sites for hydroxylation is 2. The maximum Gasteiger partial charge on any atom is 0.266 e. The fourth-order valence-corrected chi connectivity index (χ4v) is 5.41. The van der Waals surface area contributed by atoms with Crippen molar-refractivity contribution in [2.45, 2.75) is 13.8 Å². The predicted molar refractivity (Wildman–Crippen MR) is 123 cm³/mol. The van der Waals surface area contributed by atoms with Crippen LogP contribution in [-0.2, 0) is 0 Å². The Morgan fingerprint density at radius 3 is 2.39 bits per heavy atom. The number of halogens is 1. The molecule has 158 valence electrons. The minimum atomic E-state index is -0.223. The van der Waals surface area contributed by atoms with Crippen molar-refractivity contribution in [1.82, 2.24) is 14.5 Å². The van der Waals surface area contributed by atoms with Gasteiger partial charge in [0.05, 0.1) is 11.4 Å². The standard InChI is InChI=1S/C24H23FN4OS/c1-16-9-10-17(2)29(16)21-18-6-5-11-26-23(18)31-22(21)24(30)28-14-12-27(13-15-28)20-8-4-3-7-19(20)25/h3-11H,12-15H2,1-2H3. The molecule has 1 amide bonds. The number of para-hydroxylation sites is 1. The number of thiophene rings is 1. The highest BCUT2D eigenvalue weighted by Crippen LogP contribution is 2.36. The quantitative estimate of drug-likeness (QED) is 0.465. The molecule has 1 aliphatic rings. The van der Waals surface area contributed by atoms with Crippen LogP contribution in [0.3, 0.4) is 0 Å². The number of hydrogen-bond acceptors (Lipinski definition) is 4. The lowest BCUT2D eigenvalue weighted by Crippen LogP contribution is -2.49. The zero-order chi connectivity index (χ0) is 21.5. The molecular weight excluding hydrogens is 411 g/mol. The number of benzene rings is 1. The van der Waals surface area contributed by atoms with Gasteiger partial charge in [0.25, 0.3) is 5.91 Å². The summed E-state index contributed by atoms with van der Waals surface area (Å²) >= 11 is 1.44. The van der Waals surface area contributed by atoms with E-state index in [-0.39, 0.29) is 11.7 Å². The molecule has 0 saturated carbocycles. The monoisotopic (exact) mass is 434 g/mol. The Hall–Kier alpha value is -3.19. The first kappa shape index (κ1) is 19.8. The lowest BCUT2D eigenvalue weighted by Gasteiger charge is -2.36. The molecule has 5 rings (SSSR count). The van der Waals surface area contributed by atoms with Crippen molar-refractivity contribution in [3.8, 4) is 5.69 Å². The molecule has 0 aliphatic carbocycles. The van der Waals surface area contributed by atoms with Gasteiger partial charge in [-0.05, 0) is 50.2 Å². The Bertz CT molecular complexity index is 1250. The average Bonchev–Trinajstić information content (AvgIpc) is 3.32. The van der Waals surface area contributed by atoms with Crippen molar-refractivity contribution in [1.29, 1.82) is 0 Å². The molecule has 0 atom stereocenters. The summed E-state index contributed by atoms with van der Waals surface area (Å²) in [6, 6.07) is 14.9. The summed E-state index contributed by atoms with van der Waals surface area (Å²) in [7, 11) is 0. The molecule has 0 spiro atoms. The SMILES string of the molecule is Cc1ccc(C)n1-c1c(C(=O)N2CCN(c3ccccc3F)CC2)sc2ncccc12. The molecule has 31 heavy (non-hydrogen) atoms. The summed E-state index contributed by atoms with van der Waals surface area (Å²) in [5.74, 6) is -0.211. The minimum Gasteiger partial charge on any atom is -0.366 e. The summed E-state index contributed by atoms with van der Waals surface area (Å²) in [5, 5.41) is 0.989. The van der Waals surface area contributed by atoms with Gasteiger partial charge >= 0.3 is 0 Å². The van der Waals surface area contributed by atoms with Gasteiger partial charge in [0, 0.05) is 49.1 Å². The second kappa shape index (κ2) is 7.81. The number of anilines is 1. The number of carbonyl (C=O) groups is 1. The minimum absolute atomic E-state index is 0.0127. The number of pyridine rings is 1. The van der Waals surface area contributed by atoms with Gasteiger partial charge in [-0.2, -0.15) is 0 Å². The highest BCUT2D eigenvalue weighted by Gasteiger charge is 2.29. The zero-order valence-electron chi connectivity index (χ0n) is 17.5. The van der Waals surface area contributed by atoms with E-state index in [2.05, 4.69) is 21.7 Å². The van der Waals surface area contributed by atoms with E-state index >= 15 is 0 Å². The largest absolute Gasteiger partial charge is 0.366 e. The van der Waals surface area contributed by atoms with E-state index in [9.17, 15) is 9.18 Å². The lowest BCUT2D eigenvalue weighted by atomic mass is 10.2. The van der Waals surface area contributed by atoms with Crippen molar-refractivity contribution in [3.05, 3.63) is 76.8 Å². The Labute approximate surface area is 184 Å². The van der Waals surface area contributed by atoms with Crippen LogP contribution in [0.4, 0.5) is 10.1 Å². The Kier molecular flexibility index (Phi) is 4.98. The first-order chi connectivity index (χ1) is 15.0. The molecule has 0 N–H and O–H groups in total. The van der Waals surface area contributed by atoms with Crippen molar-refractivity contribution < 1.29 is 9.18 Å².